The molecule has 88 valence electrons. The summed E-state index contributed by atoms with van der Waals surface area (Å²) in [5.74, 6) is 0.892. The van der Waals surface area contributed by atoms with Gasteiger partial charge in [0.2, 0.25) is 0 Å². The van der Waals surface area contributed by atoms with Gasteiger partial charge in [0.15, 0.2) is 0 Å². The zero-order valence-corrected chi connectivity index (χ0v) is 10.3. The van der Waals surface area contributed by atoms with Gasteiger partial charge in [0.1, 0.15) is 5.75 Å². The van der Waals surface area contributed by atoms with Gasteiger partial charge in [0, 0.05) is 29.9 Å². The van der Waals surface area contributed by atoms with Crippen LogP contribution in [0.4, 0.5) is 0 Å². The third-order valence-electron chi connectivity index (χ3n) is 3.37. The molecule has 0 unspecified atom stereocenters. The summed E-state index contributed by atoms with van der Waals surface area (Å²) in [4.78, 5) is 4.50. The summed E-state index contributed by atoms with van der Waals surface area (Å²) in [7, 11) is 1.69. The van der Waals surface area contributed by atoms with Crippen LogP contribution in [0.15, 0.2) is 12.1 Å². The Morgan fingerprint density at radius 2 is 2.19 bits per heavy atom. The van der Waals surface area contributed by atoms with E-state index in [-0.39, 0.29) is 0 Å². The molecule has 1 aromatic rings. The number of ether oxygens (including phenoxy) is 1. The zero-order chi connectivity index (χ0) is 11.6. The molecule has 0 spiro atoms. The number of nitrogens with one attached hydrogen (secondary N) is 1. The summed E-state index contributed by atoms with van der Waals surface area (Å²) in [6.07, 6.45) is 3.89. The second-order valence-electron chi connectivity index (χ2n) is 4.91. The highest BCUT2D eigenvalue weighted by Gasteiger charge is 2.30. The summed E-state index contributed by atoms with van der Waals surface area (Å²) >= 11 is 0. The minimum atomic E-state index is 0.332. The lowest BCUT2D eigenvalue weighted by Gasteiger charge is -2.39. The molecule has 0 saturated heterocycles. The lowest BCUT2D eigenvalue weighted by atomic mass is 9.78. The minimum Gasteiger partial charge on any atom is -0.497 e. The van der Waals surface area contributed by atoms with Crippen LogP contribution in [-0.2, 0) is 6.54 Å². The van der Waals surface area contributed by atoms with Gasteiger partial charge in [-0.15, -0.1) is 0 Å². The quantitative estimate of drug-likeness (QED) is 0.846. The summed E-state index contributed by atoms with van der Waals surface area (Å²) in [5.41, 5.74) is 2.40. The molecule has 0 atom stereocenters. The van der Waals surface area contributed by atoms with Crippen molar-refractivity contribution < 1.29 is 4.74 Å². The van der Waals surface area contributed by atoms with Crippen molar-refractivity contribution in [2.24, 2.45) is 0 Å². The lowest BCUT2D eigenvalue weighted by molar-refractivity contribution is 0.206. The fourth-order valence-corrected chi connectivity index (χ4v) is 2.10. The molecular formula is C13H20N2O. The molecule has 3 heteroatoms. The van der Waals surface area contributed by atoms with Crippen molar-refractivity contribution in [3.05, 3.63) is 23.5 Å². The Morgan fingerprint density at radius 1 is 1.44 bits per heavy atom. The number of aromatic nitrogens is 1. The van der Waals surface area contributed by atoms with Gasteiger partial charge in [-0.1, -0.05) is 0 Å². The average molecular weight is 220 g/mol. The molecule has 0 amide bonds. The largest absolute Gasteiger partial charge is 0.497 e. The highest BCUT2D eigenvalue weighted by molar-refractivity contribution is 5.26. The molecule has 1 aliphatic carbocycles. The molecule has 3 nitrogen and oxygen atoms in total. The first-order valence-corrected chi connectivity index (χ1v) is 5.88. The molecule has 1 fully saturated rings. The predicted molar refractivity (Wildman–Crippen MR) is 64.6 cm³/mol. The first-order valence-electron chi connectivity index (χ1n) is 5.88. The summed E-state index contributed by atoms with van der Waals surface area (Å²) in [6, 6.07) is 3.95. The molecule has 1 N–H and O–H groups in total. The molecule has 1 heterocycles. The van der Waals surface area contributed by atoms with Crippen LogP contribution in [0, 0.1) is 6.92 Å². The maximum atomic E-state index is 5.24. The molecule has 2 rings (SSSR count). The summed E-state index contributed by atoms with van der Waals surface area (Å²) in [6.45, 7) is 5.11. The molecule has 0 aliphatic heterocycles. The van der Waals surface area contributed by atoms with Crippen LogP contribution in [0.1, 0.15) is 37.6 Å². The Morgan fingerprint density at radius 3 is 2.75 bits per heavy atom. The molecule has 1 aromatic heterocycles. The number of hydrogen-bond donors (Lipinski definition) is 1. The maximum absolute atomic E-state index is 5.24. The van der Waals surface area contributed by atoms with Gasteiger partial charge in [0.25, 0.3) is 0 Å². The van der Waals surface area contributed by atoms with Gasteiger partial charge >= 0.3 is 0 Å². The van der Waals surface area contributed by atoms with E-state index in [1.54, 1.807) is 7.11 Å². The second-order valence-corrected chi connectivity index (χ2v) is 4.91. The Labute approximate surface area is 97.2 Å². The van der Waals surface area contributed by atoms with Crippen molar-refractivity contribution in [2.75, 3.05) is 7.11 Å². The van der Waals surface area contributed by atoms with Crippen LogP contribution in [-0.4, -0.2) is 17.6 Å². The van der Waals surface area contributed by atoms with E-state index in [2.05, 4.69) is 17.2 Å². The molecule has 1 saturated carbocycles. The first kappa shape index (κ1) is 11.4. The van der Waals surface area contributed by atoms with Gasteiger partial charge in [-0.05, 0) is 33.1 Å². The smallest absolute Gasteiger partial charge is 0.122 e. The SMILES string of the molecule is COc1cc(C)nc(CNC2(C)CCC2)c1. The number of hydrogen-bond acceptors (Lipinski definition) is 3. The molecule has 1 aliphatic rings. The van der Waals surface area contributed by atoms with Crippen LogP contribution in [0.3, 0.4) is 0 Å². The minimum absolute atomic E-state index is 0.332. The van der Waals surface area contributed by atoms with Crippen LogP contribution < -0.4 is 10.1 Å². The van der Waals surface area contributed by atoms with E-state index in [0.29, 0.717) is 5.54 Å². The van der Waals surface area contributed by atoms with Crippen LogP contribution >= 0.6 is 0 Å². The van der Waals surface area contributed by atoms with Crippen molar-refractivity contribution in [3.8, 4) is 5.75 Å². The van der Waals surface area contributed by atoms with E-state index in [0.717, 1.165) is 23.7 Å². The number of nitrogens with zero attached hydrogens (tertiary/aromatic N) is 1. The normalized spacial score (nSPS) is 17.9. The van der Waals surface area contributed by atoms with E-state index in [4.69, 9.17) is 4.74 Å². The van der Waals surface area contributed by atoms with Gasteiger partial charge in [0.05, 0.1) is 12.8 Å². The van der Waals surface area contributed by atoms with Crippen molar-refractivity contribution >= 4 is 0 Å². The number of rotatable bonds is 4. The van der Waals surface area contributed by atoms with Crippen molar-refractivity contribution in [3.63, 3.8) is 0 Å². The van der Waals surface area contributed by atoms with E-state index in [9.17, 15) is 0 Å². The van der Waals surface area contributed by atoms with Gasteiger partial charge < -0.3 is 10.1 Å². The highest BCUT2D eigenvalue weighted by atomic mass is 16.5. The third-order valence-corrected chi connectivity index (χ3v) is 3.37. The topological polar surface area (TPSA) is 34.1 Å². The molecule has 16 heavy (non-hydrogen) atoms. The van der Waals surface area contributed by atoms with Crippen molar-refractivity contribution in [1.29, 1.82) is 0 Å². The third kappa shape index (κ3) is 2.53. The number of aryl methyl sites for hydroxylation is 1. The monoisotopic (exact) mass is 220 g/mol. The summed E-state index contributed by atoms with van der Waals surface area (Å²) in [5, 5.41) is 3.57. The van der Waals surface area contributed by atoms with E-state index >= 15 is 0 Å². The second kappa shape index (κ2) is 4.42. The Kier molecular flexibility index (Phi) is 3.15. The van der Waals surface area contributed by atoms with Crippen molar-refractivity contribution in [2.45, 2.75) is 45.2 Å². The molecule has 0 bridgehead atoms. The maximum Gasteiger partial charge on any atom is 0.122 e. The molecular weight excluding hydrogens is 200 g/mol. The average Bonchev–Trinajstić information content (AvgIpc) is 2.23. The van der Waals surface area contributed by atoms with E-state index in [1.807, 2.05) is 19.1 Å². The molecule has 0 aromatic carbocycles. The predicted octanol–water partition coefficient (Wildman–Crippen LogP) is 2.43. The Hall–Kier alpha value is -1.09. The van der Waals surface area contributed by atoms with Gasteiger partial charge in [-0.25, -0.2) is 0 Å². The Bertz CT molecular complexity index is 372. The van der Waals surface area contributed by atoms with Crippen LogP contribution in [0.2, 0.25) is 0 Å². The van der Waals surface area contributed by atoms with Gasteiger partial charge in [-0.2, -0.15) is 0 Å². The summed E-state index contributed by atoms with van der Waals surface area (Å²) < 4.78 is 5.24. The molecule has 0 radical (unpaired) electrons. The van der Waals surface area contributed by atoms with Crippen molar-refractivity contribution in [1.82, 2.24) is 10.3 Å². The van der Waals surface area contributed by atoms with Crippen LogP contribution in [0.25, 0.3) is 0 Å². The first-order chi connectivity index (χ1) is 7.61. The van der Waals surface area contributed by atoms with E-state index in [1.165, 1.54) is 19.3 Å². The highest BCUT2D eigenvalue weighted by Crippen LogP contribution is 2.31. The number of methoxy groups -OCH3 is 1. The zero-order valence-electron chi connectivity index (χ0n) is 10.3. The van der Waals surface area contributed by atoms with Crippen LogP contribution in [0.5, 0.6) is 5.75 Å². The number of pyridine rings is 1. The lowest BCUT2D eigenvalue weighted by Crippen LogP contribution is -2.47. The Balaban J connectivity index is 2.00. The fraction of sp³-hybridized carbons (Fsp3) is 0.615. The standard InChI is InChI=1S/C13H20N2O/c1-10-7-12(16-3)8-11(15-10)9-14-13(2)5-4-6-13/h7-8,14H,4-6,9H2,1-3H3. The van der Waals surface area contributed by atoms with E-state index < -0.39 is 0 Å². The van der Waals surface area contributed by atoms with Gasteiger partial charge in [-0.3, -0.25) is 4.98 Å². The fourth-order valence-electron chi connectivity index (χ4n) is 2.10.